The van der Waals surface area contributed by atoms with Crippen LogP contribution < -0.4 is 10.0 Å². The van der Waals surface area contributed by atoms with E-state index < -0.39 is 15.9 Å². The van der Waals surface area contributed by atoms with Crippen LogP contribution in [0.2, 0.25) is 0 Å². The summed E-state index contributed by atoms with van der Waals surface area (Å²) in [6, 6.07) is 15.4. The number of hydrogen-bond acceptors (Lipinski definition) is 5. The zero-order valence-electron chi connectivity index (χ0n) is 15.2. The zero-order valence-corrected chi connectivity index (χ0v) is 16.0. The number of hydrogen-bond donors (Lipinski definition) is 2. The van der Waals surface area contributed by atoms with Crippen molar-refractivity contribution in [3.63, 3.8) is 0 Å². The molecule has 2 aromatic carbocycles. The normalized spacial score (nSPS) is 14.0. The number of aromatic nitrogens is 1. The van der Waals surface area contributed by atoms with Gasteiger partial charge in [-0.25, -0.2) is 13.1 Å². The second-order valence-electron chi connectivity index (χ2n) is 6.71. The molecule has 1 saturated carbocycles. The molecular formula is C20H19N3O4S. The van der Waals surface area contributed by atoms with Crippen LogP contribution in [-0.2, 0) is 10.0 Å². The number of sulfonamides is 1. The van der Waals surface area contributed by atoms with Gasteiger partial charge >= 0.3 is 0 Å². The predicted octanol–water partition coefficient (Wildman–Crippen LogP) is 3.34. The van der Waals surface area contributed by atoms with Gasteiger partial charge in [-0.05, 0) is 38.0 Å². The highest BCUT2D eigenvalue weighted by atomic mass is 32.2. The molecule has 8 heteroatoms. The van der Waals surface area contributed by atoms with E-state index in [1.54, 1.807) is 19.1 Å². The Morgan fingerprint density at radius 2 is 1.86 bits per heavy atom. The Kier molecular flexibility index (Phi) is 4.74. The van der Waals surface area contributed by atoms with Gasteiger partial charge in [0.05, 0.1) is 4.90 Å². The molecule has 0 aliphatic heterocycles. The molecule has 0 unspecified atom stereocenters. The van der Waals surface area contributed by atoms with Crippen LogP contribution in [0, 0.1) is 6.92 Å². The second kappa shape index (κ2) is 7.21. The molecule has 1 heterocycles. The number of rotatable bonds is 6. The smallest absolute Gasteiger partial charge is 0.261 e. The van der Waals surface area contributed by atoms with Gasteiger partial charge in [0, 0.05) is 17.3 Å². The summed E-state index contributed by atoms with van der Waals surface area (Å²) >= 11 is 0. The first-order chi connectivity index (χ1) is 13.4. The molecule has 0 spiro atoms. The zero-order chi connectivity index (χ0) is 19.7. The quantitative estimate of drug-likeness (QED) is 0.664. The van der Waals surface area contributed by atoms with Crippen LogP contribution in [0.15, 0.2) is 64.0 Å². The minimum absolute atomic E-state index is 0.0105. The molecule has 0 atom stereocenters. The lowest BCUT2D eigenvalue weighted by molar-refractivity contribution is 0.102. The minimum Gasteiger partial charge on any atom is -0.360 e. The maximum absolute atomic E-state index is 12.9. The van der Waals surface area contributed by atoms with E-state index in [9.17, 15) is 13.2 Å². The first-order valence-electron chi connectivity index (χ1n) is 8.89. The molecule has 1 fully saturated rings. The predicted molar refractivity (Wildman–Crippen MR) is 104 cm³/mol. The van der Waals surface area contributed by atoms with Crippen molar-refractivity contribution in [1.29, 1.82) is 0 Å². The first kappa shape index (κ1) is 18.4. The lowest BCUT2D eigenvalue weighted by Crippen LogP contribution is -2.25. The Balaban J connectivity index is 1.60. The van der Waals surface area contributed by atoms with E-state index in [1.807, 2.05) is 30.3 Å². The van der Waals surface area contributed by atoms with Crippen molar-refractivity contribution in [3.05, 3.63) is 65.9 Å². The fourth-order valence-electron chi connectivity index (χ4n) is 2.86. The Bertz CT molecular complexity index is 1120. The number of aryl methyl sites for hydroxylation is 1. The van der Waals surface area contributed by atoms with Gasteiger partial charge in [0.15, 0.2) is 0 Å². The maximum atomic E-state index is 12.9. The summed E-state index contributed by atoms with van der Waals surface area (Å²) in [5.41, 5.74) is 1.89. The van der Waals surface area contributed by atoms with Gasteiger partial charge in [-0.15, -0.1) is 0 Å². The van der Waals surface area contributed by atoms with Crippen LogP contribution in [-0.4, -0.2) is 25.5 Å². The molecule has 0 bridgehead atoms. The minimum atomic E-state index is -3.60. The van der Waals surface area contributed by atoms with E-state index in [0.717, 1.165) is 18.4 Å². The summed E-state index contributed by atoms with van der Waals surface area (Å²) in [7, 11) is -3.60. The van der Waals surface area contributed by atoms with Crippen molar-refractivity contribution in [2.24, 2.45) is 0 Å². The van der Waals surface area contributed by atoms with E-state index in [1.165, 1.54) is 12.1 Å². The Morgan fingerprint density at radius 3 is 2.57 bits per heavy atom. The number of benzene rings is 2. The summed E-state index contributed by atoms with van der Waals surface area (Å²) in [5.74, 6) is -0.0298. The number of carbonyl (C=O) groups is 1. The monoisotopic (exact) mass is 397 g/mol. The van der Waals surface area contributed by atoms with Crippen molar-refractivity contribution in [2.75, 3.05) is 5.32 Å². The van der Waals surface area contributed by atoms with Gasteiger partial charge in [-0.1, -0.05) is 41.6 Å². The molecule has 1 aliphatic carbocycles. The molecule has 2 N–H and O–H groups in total. The molecule has 1 amide bonds. The van der Waals surface area contributed by atoms with Gasteiger partial charge < -0.3 is 9.84 Å². The van der Waals surface area contributed by atoms with Crippen LogP contribution in [0.4, 0.5) is 5.69 Å². The number of carbonyl (C=O) groups excluding carboxylic acids is 1. The van der Waals surface area contributed by atoms with E-state index in [4.69, 9.17) is 4.52 Å². The van der Waals surface area contributed by atoms with E-state index in [-0.39, 0.29) is 10.9 Å². The van der Waals surface area contributed by atoms with Crippen LogP contribution in [0.1, 0.15) is 29.0 Å². The van der Waals surface area contributed by atoms with Gasteiger partial charge in [-0.3, -0.25) is 4.79 Å². The van der Waals surface area contributed by atoms with E-state index in [0.29, 0.717) is 22.7 Å². The van der Waals surface area contributed by atoms with Gasteiger partial charge in [0.25, 0.3) is 5.91 Å². The lowest BCUT2D eigenvalue weighted by atomic mass is 10.1. The highest BCUT2D eigenvalue weighted by molar-refractivity contribution is 7.89. The fraction of sp³-hybridized carbons (Fsp3) is 0.200. The first-order valence-corrected chi connectivity index (χ1v) is 10.4. The highest BCUT2D eigenvalue weighted by Crippen LogP contribution is 2.27. The fourth-order valence-corrected chi connectivity index (χ4v) is 4.21. The van der Waals surface area contributed by atoms with Crippen LogP contribution in [0.3, 0.4) is 0 Å². The van der Waals surface area contributed by atoms with Crippen LogP contribution >= 0.6 is 0 Å². The maximum Gasteiger partial charge on any atom is 0.261 e. The summed E-state index contributed by atoms with van der Waals surface area (Å²) in [6.45, 7) is 1.66. The molecule has 0 radical (unpaired) electrons. The largest absolute Gasteiger partial charge is 0.360 e. The molecule has 1 aliphatic rings. The number of nitrogens with one attached hydrogen (secondary N) is 2. The van der Waals surface area contributed by atoms with Crippen molar-refractivity contribution < 1.29 is 17.7 Å². The van der Waals surface area contributed by atoms with Crippen LogP contribution in [0.25, 0.3) is 11.3 Å². The van der Waals surface area contributed by atoms with Crippen molar-refractivity contribution >= 4 is 21.6 Å². The molecule has 0 saturated heterocycles. The summed E-state index contributed by atoms with van der Waals surface area (Å²) < 4.78 is 32.6. The van der Waals surface area contributed by atoms with Gasteiger partial charge in [0.1, 0.15) is 17.0 Å². The number of nitrogens with zero attached hydrogens (tertiary/aromatic N) is 1. The number of anilines is 1. The van der Waals surface area contributed by atoms with Gasteiger partial charge in [-0.2, -0.15) is 0 Å². The van der Waals surface area contributed by atoms with Crippen molar-refractivity contribution in [1.82, 2.24) is 9.88 Å². The highest BCUT2D eigenvalue weighted by Gasteiger charge is 2.28. The third-order valence-electron chi connectivity index (χ3n) is 4.44. The van der Waals surface area contributed by atoms with Crippen molar-refractivity contribution in [3.8, 4) is 11.3 Å². The summed E-state index contributed by atoms with van der Waals surface area (Å²) in [6.07, 6.45) is 1.70. The Hall–Kier alpha value is -2.97. The molecule has 144 valence electrons. The van der Waals surface area contributed by atoms with Crippen LogP contribution in [0.5, 0.6) is 0 Å². The molecule has 4 rings (SSSR count). The summed E-state index contributed by atoms with van der Waals surface area (Å²) in [5, 5.41) is 6.75. The second-order valence-corrected chi connectivity index (χ2v) is 8.42. The molecule has 28 heavy (non-hydrogen) atoms. The van der Waals surface area contributed by atoms with E-state index >= 15 is 0 Å². The molecule has 3 aromatic rings. The summed E-state index contributed by atoms with van der Waals surface area (Å²) in [4.78, 5) is 13.0. The SMILES string of the molecule is Cc1onc(-c2ccccc2)c1C(=O)Nc1cccc(S(=O)(=O)NC2CC2)c1. The molecule has 1 aromatic heterocycles. The van der Waals surface area contributed by atoms with Gasteiger partial charge in [0.2, 0.25) is 10.0 Å². The Labute approximate surface area is 162 Å². The lowest BCUT2D eigenvalue weighted by Gasteiger charge is -2.09. The molecule has 7 nitrogen and oxygen atoms in total. The standard InChI is InChI=1S/C20H19N3O4S/c1-13-18(19(22-27-13)14-6-3-2-4-7-14)20(24)21-16-8-5-9-17(12-16)28(25,26)23-15-10-11-15/h2-9,12,15,23H,10-11H2,1H3,(H,21,24). The van der Waals surface area contributed by atoms with E-state index in [2.05, 4.69) is 15.2 Å². The third kappa shape index (κ3) is 3.83. The Morgan fingerprint density at radius 1 is 1.11 bits per heavy atom. The van der Waals surface area contributed by atoms with Crippen molar-refractivity contribution in [2.45, 2.75) is 30.7 Å². The molecular weight excluding hydrogens is 378 g/mol. The average Bonchev–Trinajstić information content (AvgIpc) is 3.40. The number of amides is 1. The third-order valence-corrected chi connectivity index (χ3v) is 5.96. The average molecular weight is 397 g/mol. The topological polar surface area (TPSA) is 101 Å².